The summed E-state index contributed by atoms with van der Waals surface area (Å²) in [5.41, 5.74) is 0.928. The third-order valence-corrected chi connectivity index (χ3v) is 4.93. The summed E-state index contributed by atoms with van der Waals surface area (Å²) in [6, 6.07) is 5.45. The Hall–Kier alpha value is -2.01. The van der Waals surface area contributed by atoms with Gasteiger partial charge >= 0.3 is 0 Å². The quantitative estimate of drug-likeness (QED) is 0.808. The number of nitrogens with zero attached hydrogens (tertiary/aromatic N) is 3. The molecule has 6 heteroatoms. The summed E-state index contributed by atoms with van der Waals surface area (Å²) < 4.78 is 7.86. The van der Waals surface area contributed by atoms with E-state index in [0.29, 0.717) is 10.8 Å². The lowest BCUT2D eigenvalue weighted by Gasteiger charge is -2.35. The summed E-state index contributed by atoms with van der Waals surface area (Å²) in [5.74, 6) is 1.67. The molecule has 3 rings (SSSR count). The van der Waals surface area contributed by atoms with Gasteiger partial charge in [0.1, 0.15) is 11.6 Å². The van der Waals surface area contributed by atoms with Gasteiger partial charge in [0.05, 0.1) is 6.04 Å². The van der Waals surface area contributed by atoms with Crippen molar-refractivity contribution in [2.45, 2.75) is 45.7 Å². The molecule has 2 heterocycles. The maximum atomic E-state index is 12.8. The van der Waals surface area contributed by atoms with Crippen molar-refractivity contribution in [2.24, 2.45) is 0 Å². The maximum Gasteiger partial charge on any atom is 0.261 e. The Bertz CT molecular complexity index is 744. The van der Waals surface area contributed by atoms with Gasteiger partial charge in [0, 0.05) is 30.5 Å². The van der Waals surface area contributed by atoms with Crippen LogP contribution in [0.4, 0.5) is 0 Å². The number of carbonyl (C=O) groups excluding carboxylic acids is 1. The number of ether oxygens (including phenoxy) is 1. The van der Waals surface area contributed by atoms with E-state index in [1.54, 1.807) is 6.07 Å². The molecule has 1 aromatic heterocycles. The van der Waals surface area contributed by atoms with Crippen LogP contribution in [0, 0.1) is 6.92 Å². The van der Waals surface area contributed by atoms with Crippen molar-refractivity contribution in [3.8, 4) is 5.75 Å². The van der Waals surface area contributed by atoms with Crippen LogP contribution in [0.15, 0.2) is 30.6 Å². The Labute approximate surface area is 153 Å². The number of piperidine rings is 1. The average Bonchev–Trinajstić information content (AvgIpc) is 3.09. The molecule has 1 amide bonds. The summed E-state index contributed by atoms with van der Waals surface area (Å²) in [4.78, 5) is 19.2. The monoisotopic (exact) mass is 361 g/mol. The number of imidazole rings is 1. The molecule has 25 heavy (non-hydrogen) atoms. The number of aromatic nitrogens is 2. The van der Waals surface area contributed by atoms with E-state index in [-0.39, 0.29) is 18.6 Å². The lowest BCUT2D eigenvalue weighted by atomic mass is 10.0. The van der Waals surface area contributed by atoms with Crippen LogP contribution in [0.5, 0.6) is 5.75 Å². The SMILES string of the molecule is CCn1ccnc1[C@H]1CCCCN1C(=O)COc1ccc(Cl)cc1C. The molecule has 1 fully saturated rings. The van der Waals surface area contributed by atoms with Crippen LogP contribution in [0.25, 0.3) is 0 Å². The predicted molar refractivity (Wildman–Crippen MR) is 97.9 cm³/mol. The van der Waals surface area contributed by atoms with Crippen molar-refractivity contribution in [2.75, 3.05) is 13.2 Å². The van der Waals surface area contributed by atoms with Gasteiger partial charge in [0.15, 0.2) is 6.61 Å². The number of benzene rings is 1. The Kier molecular flexibility index (Phi) is 5.63. The van der Waals surface area contributed by atoms with Crippen molar-refractivity contribution in [3.05, 3.63) is 47.0 Å². The fraction of sp³-hybridized carbons (Fsp3) is 0.474. The number of rotatable bonds is 5. The highest BCUT2D eigenvalue weighted by Gasteiger charge is 2.30. The van der Waals surface area contributed by atoms with Gasteiger partial charge in [-0.2, -0.15) is 0 Å². The zero-order valence-corrected chi connectivity index (χ0v) is 15.5. The second-order valence-corrected chi connectivity index (χ2v) is 6.81. The molecule has 1 saturated heterocycles. The number of hydrogen-bond acceptors (Lipinski definition) is 3. The Morgan fingerprint density at radius 3 is 3.00 bits per heavy atom. The van der Waals surface area contributed by atoms with Crippen LogP contribution < -0.4 is 4.74 Å². The first-order valence-electron chi connectivity index (χ1n) is 8.79. The van der Waals surface area contributed by atoms with Gasteiger partial charge in [-0.3, -0.25) is 4.79 Å². The first-order chi connectivity index (χ1) is 12.1. The summed E-state index contributed by atoms with van der Waals surface area (Å²) >= 11 is 5.97. The van der Waals surface area contributed by atoms with E-state index in [9.17, 15) is 4.79 Å². The molecule has 0 saturated carbocycles. The van der Waals surface area contributed by atoms with E-state index in [0.717, 1.165) is 43.7 Å². The Morgan fingerprint density at radius 1 is 1.40 bits per heavy atom. The lowest BCUT2D eigenvalue weighted by Crippen LogP contribution is -2.42. The summed E-state index contributed by atoms with van der Waals surface area (Å²) in [5, 5.41) is 0.665. The summed E-state index contributed by atoms with van der Waals surface area (Å²) in [6.07, 6.45) is 6.86. The van der Waals surface area contributed by atoms with Crippen LogP contribution in [0.3, 0.4) is 0 Å². The van der Waals surface area contributed by atoms with E-state index in [2.05, 4.69) is 16.5 Å². The highest BCUT2D eigenvalue weighted by Crippen LogP contribution is 2.30. The molecular weight excluding hydrogens is 338 g/mol. The molecule has 0 spiro atoms. The van der Waals surface area contributed by atoms with Crippen LogP contribution in [-0.4, -0.2) is 33.5 Å². The summed E-state index contributed by atoms with van der Waals surface area (Å²) in [7, 11) is 0. The molecule has 0 radical (unpaired) electrons. The molecule has 1 aromatic carbocycles. The minimum Gasteiger partial charge on any atom is -0.483 e. The van der Waals surface area contributed by atoms with E-state index >= 15 is 0 Å². The number of likely N-dealkylation sites (tertiary alicyclic amines) is 1. The largest absolute Gasteiger partial charge is 0.483 e. The van der Waals surface area contributed by atoms with Gasteiger partial charge in [-0.15, -0.1) is 0 Å². The van der Waals surface area contributed by atoms with Gasteiger partial charge in [-0.1, -0.05) is 11.6 Å². The van der Waals surface area contributed by atoms with Gasteiger partial charge in [-0.05, 0) is 56.9 Å². The van der Waals surface area contributed by atoms with Gasteiger partial charge < -0.3 is 14.2 Å². The molecule has 0 unspecified atom stereocenters. The van der Waals surface area contributed by atoms with Crippen molar-refractivity contribution in [1.82, 2.24) is 14.5 Å². The van der Waals surface area contributed by atoms with Gasteiger partial charge in [0.2, 0.25) is 0 Å². The van der Waals surface area contributed by atoms with Crippen LogP contribution in [0.2, 0.25) is 5.02 Å². The van der Waals surface area contributed by atoms with Crippen molar-refractivity contribution < 1.29 is 9.53 Å². The highest BCUT2D eigenvalue weighted by molar-refractivity contribution is 6.30. The minimum atomic E-state index is 0.00435. The van der Waals surface area contributed by atoms with E-state index in [1.165, 1.54) is 0 Å². The van der Waals surface area contributed by atoms with Crippen molar-refractivity contribution in [1.29, 1.82) is 0 Å². The smallest absolute Gasteiger partial charge is 0.261 e. The number of hydrogen-bond donors (Lipinski definition) is 0. The molecule has 5 nitrogen and oxygen atoms in total. The third-order valence-electron chi connectivity index (χ3n) is 4.70. The van der Waals surface area contributed by atoms with Crippen molar-refractivity contribution >= 4 is 17.5 Å². The molecule has 1 atom stereocenters. The maximum absolute atomic E-state index is 12.8. The lowest BCUT2D eigenvalue weighted by molar-refractivity contribution is -0.137. The number of halogens is 1. The van der Waals surface area contributed by atoms with Crippen molar-refractivity contribution in [3.63, 3.8) is 0 Å². The van der Waals surface area contributed by atoms with E-state index in [1.807, 2.05) is 36.4 Å². The molecule has 0 bridgehead atoms. The first kappa shape index (κ1) is 17.8. The summed E-state index contributed by atoms with van der Waals surface area (Å²) in [6.45, 7) is 5.66. The Balaban J connectivity index is 1.70. The molecule has 0 aliphatic carbocycles. The number of carbonyl (C=O) groups is 1. The standard InChI is InChI=1S/C19H24ClN3O2/c1-3-22-11-9-21-19(22)16-6-4-5-10-23(16)18(24)13-25-17-8-7-15(20)12-14(17)2/h7-9,11-12,16H,3-6,10,13H2,1-2H3/t16-/m1/s1. The van der Waals surface area contributed by atoms with Gasteiger partial charge in [-0.25, -0.2) is 4.98 Å². The molecule has 1 aliphatic rings. The van der Waals surface area contributed by atoms with Crippen LogP contribution in [-0.2, 0) is 11.3 Å². The second-order valence-electron chi connectivity index (χ2n) is 6.37. The molecule has 1 aliphatic heterocycles. The fourth-order valence-corrected chi connectivity index (χ4v) is 3.61. The fourth-order valence-electron chi connectivity index (χ4n) is 3.38. The highest BCUT2D eigenvalue weighted by atomic mass is 35.5. The first-order valence-corrected chi connectivity index (χ1v) is 9.17. The zero-order valence-electron chi connectivity index (χ0n) is 14.7. The predicted octanol–water partition coefficient (Wildman–Crippen LogP) is 4.00. The molecule has 2 aromatic rings. The molecular formula is C19H24ClN3O2. The van der Waals surface area contributed by atoms with E-state index in [4.69, 9.17) is 16.3 Å². The van der Waals surface area contributed by atoms with Gasteiger partial charge in [0.25, 0.3) is 5.91 Å². The topological polar surface area (TPSA) is 47.4 Å². The van der Waals surface area contributed by atoms with E-state index < -0.39 is 0 Å². The molecule has 134 valence electrons. The third kappa shape index (κ3) is 3.98. The van der Waals surface area contributed by atoms with Crippen LogP contribution >= 0.6 is 11.6 Å². The Morgan fingerprint density at radius 2 is 2.24 bits per heavy atom. The minimum absolute atomic E-state index is 0.00435. The zero-order chi connectivity index (χ0) is 17.8. The normalized spacial score (nSPS) is 17.6. The molecule has 0 N–H and O–H groups in total. The van der Waals surface area contributed by atoms with Crippen LogP contribution in [0.1, 0.15) is 43.6 Å². The second kappa shape index (κ2) is 7.91. The number of amides is 1. The number of aryl methyl sites for hydroxylation is 2. The average molecular weight is 362 g/mol.